The van der Waals surface area contributed by atoms with Gasteiger partial charge in [0, 0.05) is 5.56 Å². The second-order valence-corrected chi connectivity index (χ2v) is 12.3. The largest absolute Gasteiger partial charge is 1.00 e. The van der Waals surface area contributed by atoms with E-state index in [1.807, 2.05) is 6.07 Å². The third-order valence-corrected chi connectivity index (χ3v) is 10.8. The average Bonchev–Trinajstić information content (AvgIpc) is 2.93. The van der Waals surface area contributed by atoms with Crippen molar-refractivity contribution in [1.29, 1.82) is 0 Å². The van der Waals surface area contributed by atoms with Crippen molar-refractivity contribution in [2.45, 2.75) is 19.7 Å². The van der Waals surface area contributed by atoms with Crippen LogP contribution < -0.4 is 37.6 Å². The molecule has 5 rings (SSSR count). The minimum absolute atomic E-state index is 0. The Morgan fingerprint density at radius 2 is 1.00 bits per heavy atom. The van der Waals surface area contributed by atoms with Gasteiger partial charge in [0.15, 0.2) is 0 Å². The van der Waals surface area contributed by atoms with E-state index in [0.29, 0.717) is 6.61 Å². The maximum atomic E-state index is 6.48. The van der Waals surface area contributed by atoms with Crippen LogP contribution in [0, 0.1) is 6.92 Å². The second kappa shape index (κ2) is 12.2. The summed E-state index contributed by atoms with van der Waals surface area (Å²) < 4.78 is 6.48. The molecule has 0 unspecified atom stereocenters. The van der Waals surface area contributed by atoms with Crippen molar-refractivity contribution in [2.24, 2.45) is 0 Å². The van der Waals surface area contributed by atoms with E-state index in [-0.39, 0.29) is 17.0 Å². The third-order valence-electron chi connectivity index (χ3n) is 6.46. The van der Waals surface area contributed by atoms with Crippen LogP contribution in [0.1, 0.15) is 16.7 Å². The zero-order valence-corrected chi connectivity index (χ0v) is 22.9. The monoisotopic (exact) mass is 552 g/mol. The van der Waals surface area contributed by atoms with E-state index in [4.69, 9.17) is 4.74 Å². The highest BCUT2D eigenvalue weighted by atomic mass is 79.9. The van der Waals surface area contributed by atoms with Gasteiger partial charge in [0.1, 0.15) is 41.7 Å². The fraction of sp³-hybridized carbons (Fsp3) is 0.0909. The van der Waals surface area contributed by atoms with Crippen LogP contribution in [0.25, 0.3) is 0 Å². The lowest BCUT2D eigenvalue weighted by molar-refractivity contribution is -0.00000722. The minimum atomic E-state index is -1.99. The van der Waals surface area contributed by atoms with Crippen LogP contribution in [0.15, 0.2) is 140 Å². The first-order chi connectivity index (χ1) is 17.3. The van der Waals surface area contributed by atoms with Gasteiger partial charge in [-0.25, -0.2) is 0 Å². The molecule has 1 nitrogen and oxygen atoms in total. The van der Waals surface area contributed by atoms with Gasteiger partial charge >= 0.3 is 0 Å². The van der Waals surface area contributed by atoms with E-state index in [1.54, 1.807) is 0 Å². The maximum Gasteiger partial charge on any atom is 0.126 e. The van der Waals surface area contributed by atoms with Crippen molar-refractivity contribution >= 4 is 23.2 Å². The minimum Gasteiger partial charge on any atom is -1.00 e. The standard InChI is InChI=1S/C33H30OP.BrH/c1-27-22-23-29(33(24-27)34-25-28-14-6-2-7-15-28)26-35(30-16-8-3-9-17-30,31-18-10-4-11-19-31)32-20-12-5-13-21-32;/h2-24H,25-26H2,1H3;1H/q+1;/p-1. The summed E-state index contributed by atoms with van der Waals surface area (Å²) >= 11 is 0. The normalized spacial score (nSPS) is 10.9. The Kier molecular flexibility index (Phi) is 8.75. The van der Waals surface area contributed by atoms with Crippen molar-refractivity contribution in [3.8, 4) is 5.75 Å². The third kappa shape index (κ3) is 5.62. The SMILES string of the molecule is Cc1ccc(C[P+](c2ccccc2)(c2ccccc2)c2ccccc2)c(OCc2ccccc2)c1.[Br-]. The van der Waals surface area contributed by atoms with E-state index in [1.165, 1.54) is 32.6 Å². The van der Waals surface area contributed by atoms with Crippen molar-refractivity contribution in [1.82, 2.24) is 0 Å². The summed E-state index contributed by atoms with van der Waals surface area (Å²) in [5, 5.41) is 4.14. The molecule has 180 valence electrons. The van der Waals surface area contributed by atoms with Gasteiger partial charge in [-0.1, -0.05) is 97.1 Å². The number of aryl methyl sites for hydroxylation is 1. The molecule has 0 saturated heterocycles. The summed E-state index contributed by atoms with van der Waals surface area (Å²) in [4.78, 5) is 0. The van der Waals surface area contributed by atoms with Crippen molar-refractivity contribution in [2.75, 3.05) is 0 Å². The summed E-state index contributed by atoms with van der Waals surface area (Å²) in [5.41, 5.74) is 3.63. The van der Waals surface area contributed by atoms with Gasteiger partial charge in [-0.2, -0.15) is 0 Å². The summed E-state index contributed by atoms with van der Waals surface area (Å²) in [5.74, 6) is 0.973. The number of hydrogen-bond acceptors (Lipinski definition) is 1. The lowest BCUT2D eigenvalue weighted by Crippen LogP contribution is -3.00. The Morgan fingerprint density at radius 1 is 0.556 bits per heavy atom. The van der Waals surface area contributed by atoms with E-state index in [2.05, 4.69) is 140 Å². The molecule has 0 aliphatic heterocycles. The number of hydrogen-bond donors (Lipinski definition) is 0. The molecule has 0 aliphatic carbocycles. The average molecular weight is 553 g/mol. The molecule has 3 heteroatoms. The molecule has 0 saturated carbocycles. The number of benzene rings is 5. The molecule has 5 aromatic rings. The molecule has 36 heavy (non-hydrogen) atoms. The van der Waals surface area contributed by atoms with E-state index in [9.17, 15) is 0 Å². The highest BCUT2D eigenvalue weighted by Crippen LogP contribution is 2.59. The van der Waals surface area contributed by atoms with E-state index >= 15 is 0 Å². The zero-order chi connectivity index (χ0) is 23.9. The quantitative estimate of drug-likeness (QED) is 0.264. The van der Waals surface area contributed by atoms with Crippen molar-refractivity contribution < 1.29 is 21.7 Å². The predicted octanol–water partition coefficient (Wildman–Crippen LogP) is 4.07. The van der Waals surface area contributed by atoms with E-state index in [0.717, 1.165) is 11.9 Å². The smallest absolute Gasteiger partial charge is 0.126 e. The number of rotatable bonds is 8. The first kappa shape index (κ1) is 25.9. The van der Waals surface area contributed by atoms with Crippen molar-refractivity contribution in [3.63, 3.8) is 0 Å². The number of halogens is 1. The van der Waals surface area contributed by atoms with Crippen LogP contribution in [-0.4, -0.2) is 0 Å². The molecule has 0 fully saturated rings. The Labute approximate surface area is 225 Å². The number of ether oxygens (including phenoxy) is 1. The Morgan fingerprint density at radius 3 is 1.47 bits per heavy atom. The summed E-state index contributed by atoms with van der Waals surface area (Å²) in [6.07, 6.45) is 0.898. The Bertz CT molecular complexity index is 1260. The van der Waals surface area contributed by atoms with Gasteiger partial charge in [0.05, 0.1) is 0 Å². The van der Waals surface area contributed by atoms with Gasteiger partial charge in [-0.05, 0) is 60.5 Å². The highest BCUT2D eigenvalue weighted by molar-refractivity contribution is 7.95. The Hall–Kier alpha value is -3.19. The fourth-order valence-electron chi connectivity index (χ4n) is 4.69. The van der Waals surface area contributed by atoms with Gasteiger partial charge in [-0.15, -0.1) is 0 Å². The van der Waals surface area contributed by atoms with Crippen LogP contribution in [0.2, 0.25) is 0 Å². The van der Waals surface area contributed by atoms with Gasteiger partial charge in [-0.3, -0.25) is 0 Å². The molecule has 0 aromatic heterocycles. The lowest BCUT2D eigenvalue weighted by Gasteiger charge is -2.28. The Balaban J connectivity index is 0.00000304. The van der Waals surface area contributed by atoms with E-state index < -0.39 is 7.26 Å². The van der Waals surface area contributed by atoms with Crippen LogP contribution in [0.3, 0.4) is 0 Å². The first-order valence-corrected chi connectivity index (χ1v) is 14.0. The van der Waals surface area contributed by atoms with Crippen LogP contribution >= 0.6 is 7.26 Å². The molecule has 0 spiro atoms. The predicted molar refractivity (Wildman–Crippen MR) is 151 cm³/mol. The van der Waals surface area contributed by atoms with Gasteiger partial charge < -0.3 is 21.7 Å². The molecule has 5 aromatic carbocycles. The molecular weight excluding hydrogens is 523 g/mol. The fourth-order valence-corrected chi connectivity index (χ4v) is 8.94. The highest BCUT2D eigenvalue weighted by Gasteiger charge is 2.45. The molecule has 0 radical (unpaired) electrons. The van der Waals surface area contributed by atoms with Gasteiger partial charge in [0.2, 0.25) is 0 Å². The molecular formula is C33H30BrOP. The van der Waals surface area contributed by atoms with Gasteiger partial charge in [0.25, 0.3) is 0 Å². The lowest BCUT2D eigenvalue weighted by atomic mass is 10.1. The molecule has 0 N–H and O–H groups in total. The molecule has 0 aliphatic rings. The summed E-state index contributed by atoms with van der Waals surface area (Å²) in [6.45, 7) is 2.69. The molecule has 0 heterocycles. The topological polar surface area (TPSA) is 9.23 Å². The first-order valence-electron chi connectivity index (χ1n) is 12.1. The van der Waals surface area contributed by atoms with Crippen LogP contribution in [0.5, 0.6) is 5.75 Å². The zero-order valence-electron chi connectivity index (χ0n) is 20.4. The second-order valence-electron chi connectivity index (χ2n) is 8.86. The van der Waals surface area contributed by atoms with Crippen molar-refractivity contribution in [3.05, 3.63) is 156 Å². The van der Waals surface area contributed by atoms with Crippen LogP contribution in [0.4, 0.5) is 0 Å². The van der Waals surface area contributed by atoms with Crippen LogP contribution in [-0.2, 0) is 12.8 Å². The molecule has 0 atom stereocenters. The molecule has 0 amide bonds. The summed E-state index contributed by atoms with van der Waals surface area (Å²) in [6, 6.07) is 50.2. The summed E-state index contributed by atoms with van der Waals surface area (Å²) in [7, 11) is -1.99. The maximum absolute atomic E-state index is 6.48. The molecule has 0 bridgehead atoms.